The van der Waals surface area contributed by atoms with Gasteiger partial charge in [-0.05, 0) is 44.4 Å². The molecule has 1 aromatic rings. The average Bonchev–Trinajstić information content (AvgIpc) is 2.54. The van der Waals surface area contributed by atoms with E-state index in [4.69, 9.17) is 4.74 Å². The maximum atomic E-state index is 12.6. The Bertz CT molecular complexity index is 470. The molecular formula is C16H25N3O2. The van der Waals surface area contributed by atoms with E-state index in [9.17, 15) is 4.79 Å². The molecule has 1 heterocycles. The summed E-state index contributed by atoms with van der Waals surface area (Å²) in [6, 6.07) is 4.45. The molecule has 0 unspecified atom stereocenters. The van der Waals surface area contributed by atoms with E-state index in [1.165, 1.54) is 0 Å². The lowest BCUT2D eigenvalue weighted by molar-refractivity contribution is 0.0680. The Kier molecular flexibility index (Phi) is 5.56. The number of hydrogen-bond donors (Lipinski definition) is 1. The molecule has 5 nitrogen and oxygen atoms in total. The largest absolute Gasteiger partial charge is 0.480 e. The molecule has 21 heavy (non-hydrogen) atoms. The summed E-state index contributed by atoms with van der Waals surface area (Å²) in [6.07, 6.45) is 5.98. The molecule has 1 fully saturated rings. The van der Waals surface area contributed by atoms with Gasteiger partial charge in [-0.3, -0.25) is 4.79 Å². The van der Waals surface area contributed by atoms with Gasteiger partial charge in [0.05, 0.1) is 7.11 Å². The molecular weight excluding hydrogens is 266 g/mol. The maximum absolute atomic E-state index is 12.6. The minimum absolute atomic E-state index is 0.00755. The summed E-state index contributed by atoms with van der Waals surface area (Å²) in [5.41, 5.74) is 0.538. The molecule has 5 heteroatoms. The van der Waals surface area contributed by atoms with Crippen LogP contribution in [0, 0.1) is 0 Å². The first kappa shape index (κ1) is 15.8. The number of ether oxygens (including phenoxy) is 1. The fourth-order valence-electron chi connectivity index (χ4n) is 3.03. The second-order valence-corrected chi connectivity index (χ2v) is 5.54. The molecule has 0 bridgehead atoms. The quantitative estimate of drug-likeness (QED) is 0.902. The zero-order chi connectivity index (χ0) is 15.2. The summed E-state index contributed by atoms with van der Waals surface area (Å²) in [6.45, 7) is 3.15. The van der Waals surface area contributed by atoms with Crippen LogP contribution in [0.15, 0.2) is 18.3 Å². The van der Waals surface area contributed by atoms with Gasteiger partial charge in [0, 0.05) is 25.3 Å². The Hall–Kier alpha value is -1.62. The first-order chi connectivity index (χ1) is 10.2. The van der Waals surface area contributed by atoms with Crippen molar-refractivity contribution >= 4 is 5.91 Å². The van der Waals surface area contributed by atoms with E-state index in [-0.39, 0.29) is 5.91 Å². The molecule has 1 aromatic heterocycles. The first-order valence-corrected chi connectivity index (χ1v) is 7.66. The van der Waals surface area contributed by atoms with E-state index < -0.39 is 0 Å². The number of pyridine rings is 1. The summed E-state index contributed by atoms with van der Waals surface area (Å²) in [5, 5.41) is 3.49. The van der Waals surface area contributed by atoms with E-state index in [1.54, 1.807) is 25.4 Å². The standard InChI is InChI=1S/C16H25N3O2/c1-4-17-12-7-9-13(10-8-12)19(2)16(20)14-6-5-11-18-15(14)21-3/h5-6,11-13,17H,4,7-10H2,1-3H3. The van der Waals surface area contributed by atoms with Gasteiger partial charge in [0.25, 0.3) is 5.91 Å². The van der Waals surface area contributed by atoms with Crippen LogP contribution >= 0.6 is 0 Å². The summed E-state index contributed by atoms with van der Waals surface area (Å²) in [7, 11) is 3.42. The van der Waals surface area contributed by atoms with E-state index in [2.05, 4.69) is 17.2 Å². The van der Waals surface area contributed by atoms with Gasteiger partial charge in [0.15, 0.2) is 0 Å². The van der Waals surface area contributed by atoms with Crippen molar-refractivity contribution in [2.45, 2.75) is 44.7 Å². The van der Waals surface area contributed by atoms with Crippen LogP contribution in [0.25, 0.3) is 0 Å². The number of methoxy groups -OCH3 is 1. The lowest BCUT2D eigenvalue weighted by Gasteiger charge is -2.35. The van der Waals surface area contributed by atoms with E-state index in [0.29, 0.717) is 23.5 Å². The van der Waals surface area contributed by atoms with E-state index in [0.717, 1.165) is 32.2 Å². The number of rotatable bonds is 5. The van der Waals surface area contributed by atoms with Crippen LogP contribution in [-0.4, -0.2) is 48.6 Å². The van der Waals surface area contributed by atoms with Crippen molar-refractivity contribution in [1.82, 2.24) is 15.2 Å². The molecule has 1 saturated carbocycles. The SMILES string of the molecule is CCNC1CCC(N(C)C(=O)c2cccnc2OC)CC1. The van der Waals surface area contributed by atoms with Crippen molar-refractivity contribution in [3.05, 3.63) is 23.9 Å². The minimum atomic E-state index is -0.00755. The van der Waals surface area contributed by atoms with Crippen LogP contribution < -0.4 is 10.1 Å². The Morgan fingerprint density at radius 2 is 2.14 bits per heavy atom. The fourth-order valence-corrected chi connectivity index (χ4v) is 3.03. The smallest absolute Gasteiger partial charge is 0.259 e. The molecule has 0 aromatic carbocycles. The maximum Gasteiger partial charge on any atom is 0.259 e. The molecule has 1 N–H and O–H groups in total. The number of carbonyl (C=O) groups excluding carboxylic acids is 1. The van der Waals surface area contributed by atoms with Gasteiger partial charge in [-0.25, -0.2) is 4.98 Å². The van der Waals surface area contributed by atoms with Gasteiger partial charge in [-0.2, -0.15) is 0 Å². The van der Waals surface area contributed by atoms with Crippen LogP contribution in [0.5, 0.6) is 5.88 Å². The number of hydrogen-bond acceptors (Lipinski definition) is 4. The Balaban J connectivity index is 2.00. The molecule has 1 amide bonds. The van der Waals surface area contributed by atoms with Crippen LogP contribution in [-0.2, 0) is 0 Å². The second-order valence-electron chi connectivity index (χ2n) is 5.54. The van der Waals surface area contributed by atoms with Crippen molar-refractivity contribution < 1.29 is 9.53 Å². The van der Waals surface area contributed by atoms with Gasteiger partial charge in [-0.15, -0.1) is 0 Å². The normalized spacial score (nSPS) is 21.9. The number of nitrogens with zero attached hydrogens (tertiary/aromatic N) is 2. The molecule has 1 aliphatic rings. The predicted octanol–water partition coefficient (Wildman–Crippen LogP) is 2.08. The molecule has 0 spiro atoms. The second kappa shape index (κ2) is 7.41. The van der Waals surface area contributed by atoms with E-state index in [1.807, 2.05) is 11.9 Å². The topological polar surface area (TPSA) is 54.5 Å². The third-order valence-corrected chi connectivity index (χ3v) is 4.25. The molecule has 2 rings (SSSR count). The molecule has 0 aliphatic heterocycles. The number of aromatic nitrogens is 1. The molecule has 116 valence electrons. The van der Waals surface area contributed by atoms with Crippen LogP contribution in [0.3, 0.4) is 0 Å². The zero-order valence-corrected chi connectivity index (χ0v) is 13.1. The number of nitrogens with one attached hydrogen (secondary N) is 1. The summed E-state index contributed by atoms with van der Waals surface area (Å²) < 4.78 is 5.18. The lowest BCUT2D eigenvalue weighted by Crippen LogP contribution is -2.43. The fraction of sp³-hybridized carbons (Fsp3) is 0.625. The molecule has 1 aliphatic carbocycles. The third-order valence-electron chi connectivity index (χ3n) is 4.25. The highest BCUT2D eigenvalue weighted by Crippen LogP contribution is 2.25. The first-order valence-electron chi connectivity index (χ1n) is 7.66. The highest BCUT2D eigenvalue weighted by atomic mass is 16.5. The Morgan fingerprint density at radius 3 is 2.76 bits per heavy atom. The van der Waals surface area contributed by atoms with E-state index >= 15 is 0 Å². The van der Waals surface area contributed by atoms with Crippen molar-refractivity contribution in [1.29, 1.82) is 0 Å². The lowest BCUT2D eigenvalue weighted by atomic mass is 9.90. The van der Waals surface area contributed by atoms with Crippen molar-refractivity contribution in [2.75, 3.05) is 20.7 Å². The summed E-state index contributed by atoms with van der Waals surface area (Å²) in [4.78, 5) is 18.6. The average molecular weight is 291 g/mol. The van der Waals surface area contributed by atoms with Crippen molar-refractivity contribution in [2.24, 2.45) is 0 Å². The third kappa shape index (κ3) is 3.73. The van der Waals surface area contributed by atoms with Gasteiger partial charge in [-0.1, -0.05) is 6.92 Å². The zero-order valence-electron chi connectivity index (χ0n) is 13.1. The molecule has 0 atom stereocenters. The molecule has 0 radical (unpaired) electrons. The van der Waals surface area contributed by atoms with Crippen LogP contribution in [0.1, 0.15) is 43.0 Å². The van der Waals surface area contributed by atoms with Crippen molar-refractivity contribution in [3.63, 3.8) is 0 Å². The van der Waals surface area contributed by atoms with Gasteiger partial charge >= 0.3 is 0 Å². The summed E-state index contributed by atoms with van der Waals surface area (Å²) >= 11 is 0. The Labute approximate surface area is 126 Å². The number of amides is 1. The molecule has 0 saturated heterocycles. The Morgan fingerprint density at radius 1 is 1.43 bits per heavy atom. The van der Waals surface area contributed by atoms with Gasteiger partial charge < -0.3 is 15.0 Å². The minimum Gasteiger partial charge on any atom is -0.480 e. The highest BCUT2D eigenvalue weighted by molar-refractivity contribution is 5.96. The summed E-state index contributed by atoms with van der Waals surface area (Å²) in [5.74, 6) is 0.391. The predicted molar refractivity (Wildman–Crippen MR) is 82.6 cm³/mol. The van der Waals surface area contributed by atoms with Crippen LogP contribution in [0.2, 0.25) is 0 Å². The van der Waals surface area contributed by atoms with Crippen molar-refractivity contribution in [3.8, 4) is 5.88 Å². The monoisotopic (exact) mass is 291 g/mol. The van der Waals surface area contributed by atoms with Gasteiger partial charge in [0.2, 0.25) is 5.88 Å². The van der Waals surface area contributed by atoms with Crippen LogP contribution in [0.4, 0.5) is 0 Å². The number of carbonyl (C=O) groups is 1. The van der Waals surface area contributed by atoms with Gasteiger partial charge in [0.1, 0.15) is 5.56 Å². The highest BCUT2D eigenvalue weighted by Gasteiger charge is 2.28.